The van der Waals surface area contributed by atoms with E-state index in [9.17, 15) is 14.0 Å². The average Bonchev–Trinajstić information content (AvgIpc) is 3.35. The lowest BCUT2D eigenvalue weighted by atomic mass is 10.1. The third-order valence-corrected chi connectivity index (χ3v) is 6.32. The number of amides is 3. The number of ether oxygens (including phenoxy) is 2. The molecule has 3 amide bonds. The fourth-order valence-electron chi connectivity index (χ4n) is 4.54. The molecule has 0 saturated heterocycles. The summed E-state index contributed by atoms with van der Waals surface area (Å²) in [5.41, 5.74) is 2.68. The number of aromatic nitrogens is 1. The predicted octanol–water partition coefficient (Wildman–Crippen LogP) is 3.62. The van der Waals surface area contributed by atoms with Crippen LogP contribution in [0.4, 0.5) is 15.0 Å². The first-order chi connectivity index (χ1) is 16.5. The summed E-state index contributed by atoms with van der Waals surface area (Å²) in [5, 5.41) is 8.52. The number of urea groups is 1. The van der Waals surface area contributed by atoms with Crippen LogP contribution in [0.5, 0.6) is 17.2 Å². The highest BCUT2D eigenvalue weighted by Gasteiger charge is 2.59. The van der Waals surface area contributed by atoms with E-state index in [-0.39, 0.29) is 35.8 Å². The van der Waals surface area contributed by atoms with Crippen LogP contribution in [0.15, 0.2) is 54.7 Å². The van der Waals surface area contributed by atoms with Crippen molar-refractivity contribution in [1.29, 1.82) is 0 Å². The van der Waals surface area contributed by atoms with Crippen LogP contribution in [0.2, 0.25) is 0 Å². The molecule has 34 heavy (non-hydrogen) atoms. The predicted molar refractivity (Wildman–Crippen MR) is 120 cm³/mol. The summed E-state index contributed by atoms with van der Waals surface area (Å²) in [7, 11) is 0. The van der Waals surface area contributed by atoms with Crippen molar-refractivity contribution in [3.05, 3.63) is 77.2 Å². The standard InChI is InChI=1S/C25H21FN4O4/c26-14-3-1-13(2-4-14)12-28-25(32)30-22-21-17-11-15(5-7-18(17)34-23(21)22)33-19-9-10-27-24-16(19)6-8-20(31)29-24/h1-5,7,9-11,21-23H,6,8,12H2,(H,27,29,31)(H2,28,30,32)/t21-,22+,23-/m0/s1. The summed E-state index contributed by atoms with van der Waals surface area (Å²) >= 11 is 0. The Bertz CT molecular complexity index is 1300. The Balaban J connectivity index is 1.10. The van der Waals surface area contributed by atoms with Crippen molar-refractivity contribution in [2.75, 3.05) is 5.32 Å². The van der Waals surface area contributed by atoms with Gasteiger partial charge in [0.05, 0.1) is 12.0 Å². The summed E-state index contributed by atoms with van der Waals surface area (Å²) in [4.78, 5) is 28.2. The third-order valence-electron chi connectivity index (χ3n) is 6.32. The number of fused-ring (bicyclic) bond motifs is 4. The highest BCUT2D eigenvalue weighted by atomic mass is 19.1. The molecular weight excluding hydrogens is 439 g/mol. The van der Waals surface area contributed by atoms with Crippen LogP contribution in [0.1, 0.15) is 29.0 Å². The molecular formula is C25H21FN4O4. The maximum Gasteiger partial charge on any atom is 0.315 e. The molecule has 1 aliphatic carbocycles. The normalized spacial score (nSPS) is 21.3. The van der Waals surface area contributed by atoms with Gasteiger partial charge in [0.25, 0.3) is 0 Å². The summed E-state index contributed by atoms with van der Waals surface area (Å²) in [6.45, 7) is 0.306. The van der Waals surface area contributed by atoms with Crippen molar-refractivity contribution in [3.8, 4) is 17.2 Å². The van der Waals surface area contributed by atoms with E-state index < -0.39 is 0 Å². The fourth-order valence-corrected chi connectivity index (χ4v) is 4.54. The highest BCUT2D eigenvalue weighted by Crippen LogP contribution is 2.54. The van der Waals surface area contributed by atoms with Crippen LogP contribution in [0.3, 0.4) is 0 Å². The summed E-state index contributed by atoms with van der Waals surface area (Å²) in [6, 6.07) is 13.0. The van der Waals surface area contributed by atoms with Gasteiger partial charge in [0.2, 0.25) is 5.91 Å². The monoisotopic (exact) mass is 460 g/mol. The second kappa shape index (κ2) is 8.02. The maximum absolute atomic E-state index is 13.0. The van der Waals surface area contributed by atoms with E-state index in [0.717, 1.165) is 22.4 Å². The Kier molecular flexibility index (Phi) is 4.83. The van der Waals surface area contributed by atoms with Crippen LogP contribution in [0, 0.1) is 5.82 Å². The fraction of sp³-hybridized carbons (Fsp3) is 0.240. The molecule has 3 heterocycles. The number of benzene rings is 2. The van der Waals surface area contributed by atoms with E-state index in [2.05, 4.69) is 20.9 Å². The molecule has 0 unspecified atom stereocenters. The van der Waals surface area contributed by atoms with Crippen LogP contribution >= 0.6 is 0 Å². The van der Waals surface area contributed by atoms with Gasteiger partial charge in [-0.1, -0.05) is 12.1 Å². The highest BCUT2D eigenvalue weighted by molar-refractivity contribution is 5.93. The second-order valence-corrected chi connectivity index (χ2v) is 8.57. The number of pyridine rings is 1. The minimum atomic E-state index is -0.311. The zero-order valence-electron chi connectivity index (χ0n) is 18.0. The number of hydrogen-bond donors (Lipinski definition) is 3. The molecule has 0 bridgehead atoms. The Morgan fingerprint density at radius 3 is 2.88 bits per heavy atom. The molecule has 0 spiro atoms. The number of nitrogens with zero attached hydrogens (tertiary/aromatic N) is 1. The summed E-state index contributed by atoms with van der Waals surface area (Å²) in [5.74, 6) is 2.33. The smallest absolute Gasteiger partial charge is 0.315 e. The van der Waals surface area contributed by atoms with Crippen molar-refractivity contribution in [3.63, 3.8) is 0 Å². The molecule has 8 nitrogen and oxygen atoms in total. The largest absolute Gasteiger partial charge is 0.487 e. The van der Waals surface area contributed by atoms with E-state index in [4.69, 9.17) is 9.47 Å². The van der Waals surface area contributed by atoms with Gasteiger partial charge >= 0.3 is 6.03 Å². The van der Waals surface area contributed by atoms with Gasteiger partial charge in [-0.15, -0.1) is 0 Å². The Morgan fingerprint density at radius 2 is 2.03 bits per heavy atom. The average molecular weight is 460 g/mol. The van der Waals surface area contributed by atoms with E-state index in [0.29, 0.717) is 36.7 Å². The quantitative estimate of drug-likeness (QED) is 0.540. The van der Waals surface area contributed by atoms with Gasteiger partial charge < -0.3 is 25.4 Å². The molecule has 1 saturated carbocycles. The van der Waals surface area contributed by atoms with Gasteiger partial charge in [-0.2, -0.15) is 0 Å². The molecule has 1 fully saturated rings. The van der Waals surface area contributed by atoms with Crippen LogP contribution < -0.4 is 25.4 Å². The summed E-state index contributed by atoms with van der Waals surface area (Å²) in [6.07, 6.45) is 2.47. The van der Waals surface area contributed by atoms with Crippen LogP contribution in [0.25, 0.3) is 0 Å². The van der Waals surface area contributed by atoms with E-state index in [1.165, 1.54) is 12.1 Å². The van der Waals surface area contributed by atoms with Crippen molar-refractivity contribution in [1.82, 2.24) is 15.6 Å². The molecule has 0 radical (unpaired) electrons. The molecule has 6 rings (SSSR count). The topological polar surface area (TPSA) is 102 Å². The number of hydrogen-bond acceptors (Lipinski definition) is 5. The van der Waals surface area contributed by atoms with Crippen molar-refractivity contribution in [2.24, 2.45) is 0 Å². The van der Waals surface area contributed by atoms with Gasteiger partial charge in [0.1, 0.15) is 35.0 Å². The Hall–Kier alpha value is -4.14. The molecule has 3 aromatic rings. The van der Waals surface area contributed by atoms with Crippen LogP contribution in [-0.2, 0) is 17.8 Å². The minimum absolute atomic E-state index is 0.0492. The third kappa shape index (κ3) is 3.79. The lowest BCUT2D eigenvalue weighted by Crippen LogP contribution is -2.38. The first kappa shape index (κ1) is 20.5. The van der Waals surface area contributed by atoms with Gasteiger partial charge in [0, 0.05) is 30.3 Å². The lowest BCUT2D eigenvalue weighted by molar-refractivity contribution is -0.116. The molecule has 2 aliphatic heterocycles. The second-order valence-electron chi connectivity index (χ2n) is 8.57. The minimum Gasteiger partial charge on any atom is -0.487 e. The number of nitrogens with one attached hydrogen (secondary N) is 3. The Morgan fingerprint density at radius 1 is 1.18 bits per heavy atom. The number of carbonyl (C=O) groups excluding carboxylic acids is 2. The van der Waals surface area contributed by atoms with Gasteiger partial charge in [-0.3, -0.25) is 4.79 Å². The van der Waals surface area contributed by atoms with Crippen molar-refractivity contribution < 1.29 is 23.5 Å². The first-order valence-corrected chi connectivity index (χ1v) is 11.1. The SMILES string of the molecule is O=C1CCc2c(Oc3ccc4c(c3)[C@H]3[C@@H](NC(=O)NCc5ccc(F)cc5)[C@H]3O4)ccnc2N1. The number of rotatable bonds is 5. The van der Waals surface area contributed by atoms with Gasteiger partial charge in [-0.25, -0.2) is 14.2 Å². The lowest BCUT2D eigenvalue weighted by Gasteiger charge is -2.19. The summed E-state index contributed by atoms with van der Waals surface area (Å²) < 4.78 is 25.1. The number of anilines is 1. The molecule has 3 aliphatic rings. The van der Waals surface area contributed by atoms with E-state index >= 15 is 0 Å². The van der Waals surface area contributed by atoms with Crippen molar-refractivity contribution in [2.45, 2.75) is 37.5 Å². The maximum atomic E-state index is 13.0. The van der Waals surface area contributed by atoms with Crippen LogP contribution in [-0.4, -0.2) is 29.1 Å². The Labute approximate surface area is 194 Å². The molecule has 9 heteroatoms. The molecule has 3 N–H and O–H groups in total. The molecule has 3 atom stereocenters. The first-order valence-electron chi connectivity index (χ1n) is 11.1. The van der Waals surface area contributed by atoms with Gasteiger partial charge in [0.15, 0.2) is 0 Å². The zero-order chi connectivity index (χ0) is 23.2. The molecule has 2 aromatic carbocycles. The van der Waals surface area contributed by atoms with E-state index in [1.807, 2.05) is 18.2 Å². The molecule has 1 aromatic heterocycles. The zero-order valence-corrected chi connectivity index (χ0v) is 18.0. The van der Waals surface area contributed by atoms with E-state index in [1.54, 1.807) is 24.4 Å². The number of carbonyl (C=O) groups is 2. The van der Waals surface area contributed by atoms with Gasteiger partial charge in [-0.05, 0) is 48.4 Å². The van der Waals surface area contributed by atoms with Crippen molar-refractivity contribution >= 4 is 17.8 Å². The number of halogens is 1. The molecule has 172 valence electrons.